The molecule has 3 aromatic rings. The third-order valence-corrected chi connectivity index (χ3v) is 6.74. The van der Waals surface area contributed by atoms with Crippen molar-refractivity contribution in [3.05, 3.63) is 96.1 Å². The summed E-state index contributed by atoms with van der Waals surface area (Å²) in [5.74, 6) is 0.325. The van der Waals surface area contributed by atoms with Crippen LogP contribution in [-0.4, -0.2) is 6.61 Å². The minimum atomic E-state index is -0.423. The van der Waals surface area contributed by atoms with Gasteiger partial charge in [-0.25, -0.2) is 8.78 Å². The van der Waals surface area contributed by atoms with Gasteiger partial charge in [0.1, 0.15) is 11.6 Å². The van der Waals surface area contributed by atoms with Crippen LogP contribution in [0.4, 0.5) is 8.78 Å². The fourth-order valence-corrected chi connectivity index (χ4v) is 4.73. The largest absolute Gasteiger partial charge is 0.377 e. The molecule has 1 nitrogen and oxygen atoms in total. The van der Waals surface area contributed by atoms with Crippen molar-refractivity contribution >= 4 is 0 Å². The van der Waals surface area contributed by atoms with Crippen LogP contribution < -0.4 is 0 Å². The number of rotatable bonds is 8. The van der Waals surface area contributed by atoms with Crippen LogP contribution >= 0.6 is 0 Å². The lowest BCUT2D eigenvalue weighted by Gasteiger charge is -2.27. The summed E-state index contributed by atoms with van der Waals surface area (Å²) < 4.78 is 35.6. The van der Waals surface area contributed by atoms with Crippen LogP contribution in [0.1, 0.15) is 56.1 Å². The molecule has 0 N–H and O–H groups in total. The molecule has 1 aliphatic carbocycles. The first-order chi connectivity index (χ1) is 16.1. The molecule has 172 valence electrons. The van der Waals surface area contributed by atoms with Crippen LogP contribution in [0.25, 0.3) is 22.3 Å². The van der Waals surface area contributed by atoms with E-state index in [4.69, 9.17) is 4.74 Å². The standard InChI is InChI=1S/C30H32F2O/c1-3-17-33-20-22-7-11-25(12-8-22)27-18-30(32)28(19-29(27)31)26-15-13-24(14-16-26)23-9-5-21(4-2)6-10-23/h4,7-8,11-16,18-19,21,23H,2-3,5-6,9-10,17,20H2,1H3/t21-,23-. The summed E-state index contributed by atoms with van der Waals surface area (Å²) in [6.45, 7) is 7.21. The van der Waals surface area contributed by atoms with Crippen molar-refractivity contribution in [2.75, 3.05) is 6.61 Å². The molecule has 0 heterocycles. The van der Waals surface area contributed by atoms with Crippen LogP contribution in [0.2, 0.25) is 0 Å². The lowest BCUT2D eigenvalue weighted by Crippen LogP contribution is -2.11. The number of hydrogen-bond donors (Lipinski definition) is 0. The fraction of sp³-hybridized carbons (Fsp3) is 0.333. The van der Waals surface area contributed by atoms with E-state index < -0.39 is 11.6 Å². The Bertz CT molecular complexity index is 1060. The molecule has 33 heavy (non-hydrogen) atoms. The van der Waals surface area contributed by atoms with Crippen molar-refractivity contribution in [1.29, 1.82) is 0 Å². The molecule has 3 aromatic carbocycles. The van der Waals surface area contributed by atoms with Crippen LogP contribution in [0, 0.1) is 17.6 Å². The zero-order valence-electron chi connectivity index (χ0n) is 19.3. The fourth-order valence-electron chi connectivity index (χ4n) is 4.73. The Balaban J connectivity index is 1.49. The Morgan fingerprint density at radius 3 is 1.91 bits per heavy atom. The van der Waals surface area contributed by atoms with Crippen LogP contribution in [0.3, 0.4) is 0 Å². The van der Waals surface area contributed by atoms with Crippen molar-refractivity contribution in [1.82, 2.24) is 0 Å². The minimum absolute atomic E-state index is 0.271. The van der Waals surface area contributed by atoms with Crippen molar-refractivity contribution in [2.24, 2.45) is 5.92 Å². The number of hydrogen-bond acceptors (Lipinski definition) is 1. The summed E-state index contributed by atoms with van der Waals surface area (Å²) in [5.41, 5.74) is 4.22. The zero-order chi connectivity index (χ0) is 23.2. The van der Waals surface area contributed by atoms with Crippen molar-refractivity contribution < 1.29 is 13.5 Å². The summed E-state index contributed by atoms with van der Waals surface area (Å²) >= 11 is 0. The van der Waals surface area contributed by atoms with Crippen LogP contribution in [-0.2, 0) is 11.3 Å². The van der Waals surface area contributed by atoms with E-state index in [-0.39, 0.29) is 5.56 Å². The highest BCUT2D eigenvalue weighted by molar-refractivity contribution is 5.72. The maximum absolute atomic E-state index is 15.0. The molecule has 1 aliphatic rings. The van der Waals surface area contributed by atoms with Gasteiger partial charge in [0.15, 0.2) is 0 Å². The van der Waals surface area contributed by atoms with Crippen LogP contribution in [0.5, 0.6) is 0 Å². The second-order valence-electron chi connectivity index (χ2n) is 9.03. The maximum Gasteiger partial charge on any atom is 0.131 e. The van der Waals surface area contributed by atoms with Crippen molar-refractivity contribution in [3.63, 3.8) is 0 Å². The summed E-state index contributed by atoms with van der Waals surface area (Å²) in [7, 11) is 0. The zero-order valence-corrected chi connectivity index (χ0v) is 19.3. The molecule has 0 unspecified atom stereocenters. The first-order valence-electron chi connectivity index (χ1n) is 12.0. The van der Waals surface area contributed by atoms with Gasteiger partial charge in [0.2, 0.25) is 0 Å². The van der Waals surface area contributed by atoms with E-state index in [1.807, 2.05) is 36.4 Å². The monoisotopic (exact) mass is 446 g/mol. The minimum Gasteiger partial charge on any atom is -0.377 e. The lowest BCUT2D eigenvalue weighted by atomic mass is 9.78. The van der Waals surface area contributed by atoms with E-state index in [2.05, 4.69) is 31.7 Å². The number of benzene rings is 3. The second kappa shape index (κ2) is 10.9. The summed E-state index contributed by atoms with van der Waals surface area (Å²) in [5, 5.41) is 0. The highest BCUT2D eigenvalue weighted by atomic mass is 19.1. The SMILES string of the molecule is C=C[C@H]1CC[C@H](c2ccc(-c3cc(F)c(-c4ccc(COCCC)cc4)cc3F)cc2)CC1. The average Bonchev–Trinajstić information content (AvgIpc) is 2.86. The van der Waals surface area contributed by atoms with E-state index in [1.54, 1.807) is 0 Å². The van der Waals surface area contributed by atoms with Gasteiger partial charge in [-0.2, -0.15) is 0 Å². The first kappa shape index (κ1) is 23.4. The van der Waals surface area contributed by atoms with E-state index in [9.17, 15) is 4.39 Å². The lowest BCUT2D eigenvalue weighted by molar-refractivity contribution is 0.121. The van der Waals surface area contributed by atoms with Crippen molar-refractivity contribution in [2.45, 2.75) is 51.6 Å². The highest BCUT2D eigenvalue weighted by Crippen LogP contribution is 2.37. The molecule has 0 spiro atoms. The normalized spacial score (nSPS) is 18.3. The highest BCUT2D eigenvalue weighted by Gasteiger charge is 2.21. The Morgan fingerprint density at radius 1 is 0.848 bits per heavy atom. The Morgan fingerprint density at radius 2 is 1.39 bits per heavy atom. The van der Waals surface area contributed by atoms with Gasteiger partial charge < -0.3 is 4.74 Å². The Labute approximate surface area is 196 Å². The smallest absolute Gasteiger partial charge is 0.131 e. The second-order valence-corrected chi connectivity index (χ2v) is 9.03. The summed E-state index contributed by atoms with van der Waals surface area (Å²) in [4.78, 5) is 0. The van der Waals surface area contributed by atoms with E-state index in [0.717, 1.165) is 24.8 Å². The van der Waals surface area contributed by atoms with E-state index in [1.165, 1.54) is 30.5 Å². The average molecular weight is 447 g/mol. The maximum atomic E-state index is 15.0. The Hall–Kier alpha value is -2.78. The molecule has 1 saturated carbocycles. The number of halogens is 2. The topological polar surface area (TPSA) is 9.23 Å². The van der Waals surface area contributed by atoms with Crippen molar-refractivity contribution in [3.8, 4) is 22.3 Å². The van der Waals surface area contributed by atoms with Crippen LogP contribution in [0.15, 0.2) is 73.3 Å². The molecular weight excluding hydrogens is 414 g/mol. The molecule has 0 radical (unpaired) electrons. The van der Waals surface area contributed by atoms with E-state index >= 15 is 4.39 Å². The predicted molar refractivity (Wildman–Crippen MR) is 132 cm³/mol. The van der Waals surface area contributed by atoms with Gasteiger partial charge >= 0.3 is 0 Å². The molecule has 0 atom stereocenters. The van der Waals surface area contributed by atoms with E-state index in [0.29, 0.717) is 41.7 Å². The number of ether oxygens (including phenoxy) is 1. The third kappa shape index (κ3) is 5.59. The van der Waals surface area contributed by atoms with Gasteiger partial charge in [-0.05, 0) is 78.3 Å². The van der Waals surface area contributed by atoms with Gasteiger partial charge in [-0.1, -0.05) is 61.5 Å². The first-order valence-corrected chi connectivity index (χ1v) is 12.0. The van der Waals surface area contributed by atoms with Gasteiger partial charge in [0.25, 0.3) is 0 Å². The third-order valence-electron chi connectivity index (χ3n) is 6.74. The quantitative estimate of drug-likeness (QED) is 0.248. The Kier molecular flexibility index (Phi) is 7.72. The molecule has 4 rings (SSSR count). The van der Waals surface area contributed by atoms with Gasteiger partial charge in [-0.15, -0.1) is 6.58 Å². The molecule has 0 aliphatic heterocycles. The predicted octanol–water partition coefficient (Wildman–Crippen LogP) is 8.69. The molecule has 0 aromatic heterocycles. The number of allylic oxidation sites excluding steroid dienone is 1. The molecule has 0 saturated heterocycles. The summed E-state index contributed by atoms with van der Waals surface area (Å²) in [6, 6.07) is 18.0. The van der Waals surface area contributed by atoms with Gasteiger partial charge in [0, 0.05) is 17.7 Å². The molecule has 3 heteroatoms. The molecule has 1 fully saturated rings. The molecular formula is C30H32F2O. The molecule has 0 bridgehead atoms. The molecule has 0 amide bonds. The summed E-state index contributed by atoms with van der Waals surface area (Å²) in [6.07, 6.45) is 7.67. The van der Waals surface area contributed by atoms with Gasteiger partial charge in [0.05, 0.1) is 6.61 Å². The van der Waals surface area contributed by atoms with Gasteiger partial charge in [-0.3, -0.25) is 0 Å².